The number of amides is 1. The third kappa shape index (κ3) is 4.27. The molecule has 4 nitrogen and oxygen atoms in total. The minimum absolute atomic E-state index is 0.101. The Morgan fingerprint density at radius 1 is 1.12 bits per heavy atom. The van der Waals surface area contributed by atoms with E-state index in [4.69, 9.17) is 0 Å². The third-order valence-electron chi connectivity index (χ3n) is 4.60. The highest BCUT2D eigenvalue weighted by Crippen LogP contribution is 2.18. The SMILES string of the molecule is CCN(Cc1ccc(C(=O)Nc2ccc3ncccc3c2)cc1)C(C)C. The smallest absolute Gasteiger partial charge is 0.255 e. The quantitative estimate of drug-likeness (QED) is 0.702. The molecule has 0 bridgehead atoms. The lowest BCUT2D eigenvalue weighted by molar-refractivity contribution is 0.102. The van der Waals surface area contributed by atoms with E-state index in [1.54, 1.807) is 6.20 Å². The van der Waals surface area contributed by atoms with Crippen LogP contribution in [0, 0.1) is 0 Å². The van der Waals surface area contributed by atoms with Crippen molar-refractivity contribution in [3.05, 3.63) is 71.9 Å². The highest BCUT2D eigenvalue weighted by molar-refractivity contribution is 6.05. The van der Waals surface area contributed by atoms with Gasteiger partial charge in [0.1, 0.15) is 0 Å². The van der Waals surface area contributed by atoms with Crippen LogP contribution in [0.15, 0.2) is 60.8 Å². The summed E-state index contributed by atoms with van der Waals surface area (Å²) >= 11 is 0. The Labute approximate surface area is 154 Å². The maximum Gasteiger partial charge on any atom is 0.255 e. The number of benzene rings is 2. The van der Waals surface area contributed by atoms with Crippen molar-refractivity contribution in [1.29, 1.82) is 0 Å². The van der Waals surface area contributed by atoms with Gasteiger partial charge in [-0.2, -0.15) is 0 Å². The summed E-state index contributed by atoms with van der Waals surface area (Å²) in [5.74, 6) is -0.101. The highest BCUT2D eigenvalue weighted by atomic mass is 16.1. The maximum atomic E-state index is 12.5. The van der Waals surface area contributed by atoms with Crippen molar-refractivity contribution in [3.8, 4) is 0 Å². The van der Waals surface area contributed by atoms with Crippen molar-refractivity contribution in [1.82, 2.24) is 9.88 Å². The number of carbonyl (C=O) groups is 1. The first-order valence-electron chi connectivity index (χ1n) is 9.06. The van der Waals surface area contributed by atoms with E-state index in [9.17, 15) is 4.79 Å². The van der Waals surface area contributed by atoms with Gasteiger partial charge in [0.15, 0.2) is 0 Å². The summed E-state index contributed by atoms with van der Waals surface area (Å²) in [5.41, 5.74) is 3.57. The van der Waals surface area contributed by atoms with Gasteiger partial charge in [0.2, 0.25) is 0 Å². The second-order valence-corrected chi connectivity index (χ2v) is 6.72. The lowest BCUT2D eigenvalue weighted by Crippen LogP contribution is -2.29. The minimum Gasteiger partial charge on any atom is -0.322 e. The van der Waals surface area contributed by atoms with Crippen LogP contribution < -0.4 is 5.32 Å². The normalized spacial score (nSPS) is 11.3. The number of carbonyl (C=O) groups excluding carboxylic acids is 1. The summed E-state index contributed by atoms with van der Waals surface area (Å²) in [5, 5.41) is 3.97. The Bertz CT molecular complexity index is 887. The molecular formula is C22H25N3O. The topological polar surface area (TPSA) is 45.2 Å². The lowest BCUT2D eigenvalue weighted by atomic mass is 10.1. The van der Waals surface area contributed by atoms with Crippen molar-refractivity contribution in [2.24, 2.45) is 0 Å². The van der Waals surface area contributed by atoms with E-state index in [-0.39, 0.29) is 5.91 Å². The van der Waals surface area contributed by atoms with Gasteiger partial charge in [0, 0.05) is 35.4 Å². The molecule has 1 heterocycles. The number of pyridine rings is 1. The number of fused-ring (bicyclic) bond motifs is 1. The minimum atomic E-state index is -0.101. The molecule has 1 N–H and O–H groups in total. The van der Waals surface area contributed by atoms with Crippen molar-refractivity contribution >= 4 is 22.5 Å². The Hall–Kier alpha value is -2.72. The van der Waals surface area contributed by atoms with Crippen molar-refractivity contribution in [2.45, 2.75) is 33.4 Å². The Kier molecular flexibility index (Phi) is 5.64. The van der Waals surface area contributed by atoms with Crippen molar-refractivity contribution < 1.29 is 4.79 Å². The molecule has 0 atom stereocenters. The van der Waals surface area contributed by atoms with Crippen LogP contribution in [0.4, 0.5) is 5.69 Å². The summed E-state index contributed by atoms with van der Waals surface area (Å²) in [6.07, 6.45) is 1.76. The molecule has 3 aromatic rings. The highest BCUT2D eigenvalue weighted by Gasteiger charge is 2.10. The Morgan fingerprint density at radius 3 is 2.58 bits per heavy atom. The average Bonchev–Trinajstić information content (AvgIpc) is 2.66. The van der Waals surface area contributed by atoms with Gasteiger partial charge < -0.3 is 5.32 Å². The number of nitrogens with zero attached hydrogens (tertiary/aromatic N) is 2. The molecule has 0 aliphatic carbocycles. The zero-order valence-electron chi connectivity index (χ0n) is 15.6. The van der Waals surface area contributed by atoms with Gasteiger partial charge in [0.25, 0.3) is 5.91 Å². The fourth-order valence-electron chi connectivity index (χ4n) is 3.01. The van der Waals surface area contributed by atoms with E-state index in [1.165, 1.54) is 5.56 Å². The van der Waals surface area contributed by atoms with Crippen molar-refractivity contribution in [2.75, 3.05) is 11.9 Å². The number of hydrogen-bond acceptors (Lipinski definition) is 3. The van der Waals surface area contributed by atoms with Crippen LogP contribution >= 0.6 is 0 Å². The van der Waals surface area contributed by atoms with Crippen LogP contribution in [-0.2, 0) is 6.54 Å². The molecule has 0 fully saturated rings. The molecule has 4 heteroatoms. The molecule has 0 saturated carbocycles. The van der Waals surface area contributed by atoms with E-state index < -0.39 is 0 Å². The fraction of sp³-hybridized carbons (Fsp3) is 0.273. The second kappa shape index (κ2) is 8.11. The van der Waals surface area contributed by atoms with Crippen LogP contribution in [-0.4, -0.2) is 28.4 Å². The summed E-state index contributed by atoms with van der Waals surface area (Å²) < 4.78 is 0. The number of hydrogen-bond donors (Lipinski definition) is 1. The number of rotatable bonds is 6. The zero-order valence-corrected chi connectivity index (χ0v) is 15.6. The van der Waals surface area contributed by atoms with Crippen LogP contribution in [0.2, 0.25) is 0 Å². The summed E-state index contributed by atoms with van der Waals surface area (Å²) in [4.78, 5) is 19.2. The molecule has 1 amide bonds. The summed E-state index contributed by atoms with van der Waals surface area (Å²) in [6.45, 7) is 8.47. The summed E-state index contributed by atoms with van der Waals surface area (Å²) in [7, 11) is 0. The molecule has 0 spiro atoms. The average molecular weight is 347 g/mol. The molecule has 1 aromatic heterocycles. The van der Waals surface area contributed by atoms with E-state index in [0.29, 0.717) is 11.6 Å². The lowest BCUT2D eigenvalue weighted by Gasteiger charge is -2.24. The maximum absolute atomic E-state index is 12.5. The van der Waals surface area contributed by atoms with Gasteiger partial charge in [-0.25, -0.2) is 0 Å². The predicted molar refractivity (Wildman–Crippen MR) is 107 cm³/mol. The number of aromatic nitrogens is 1. The molecular weight excluding hydrogens is 322 g/mol. The van der Waals surface area contributed by atoms with E-state index in [2.05, 4.69) is 36.0 Å². The molecule has 0 aliphatic rings. The molecule has 0 unspecified atom stereocenters. The monoisotopic (exact) mass is 347 g/mol. The van der Waals surface area contributed by atoms with E-state index in [0.717, 1.165) is 29.7 Å². The van der Waals surface area contributed by atoms with Gasteiger partial charge >= 0.3 is 0 Å². The van der Waals surface area contributed by atoms with Gasteiger partial charge in [-0.3, -0.25) is 14.7 Å². The van der Waals surface area contributed by atoms with Gasteiger partial charge in [-0.05, 0) is 62.4 Å². The third-order valence-corrected chi connectivity index (χ3v) is 4.60. The van der Waals surface area contributed by atoms with Crippen molar-refractivity contribution in [3.63, 3.8) is 0 Å². The Balaban J connectivity index is 1.69. The molecule has 0 aliphatic heterocycles. The molecule has 0 saturated heterocycles. The van der Waals surface area contributed by atoms with Crippen LogP contribution in [0.5, 0.6) is 0 Å². The molecule has 26 heavy (non-hydrogen) atoms. The molecule has 134 valence electrons. The van der Waals surface area contributed by atoms with Gasteiger partial charge in [-0.15, -0.1) is 0 Å². The first kappa shape index (κ1) is 18.1. The van der Waals surface area contributed by atoms with Gasteiger partial charge in [-0.1, -0.05) is 25.1 Å². The first-order valence-corrected chi connectivity index (χ1v) is 9.06. The Morgan fingerprint density at radius 2 is 1.88 bits per heavy atom. The largest absolute Gasteiger partial charge is 0.322 e. The standard InChI is InChI=1S/C22H25N3O/c1-4-25(16(2)3)15-17-7-9-18(10-8-17)22(26)24-20-11-12-21-19(14-20)6-5-13-23-21/h5-14,16H,4,15H2,1-3H3,(H,24,26). The number of anilines is 1. The van der Waals surface area contributed by atoms with E-state index >= 15 is 0 Å². The molecule has 2 aromatic carbocycles. The predicted octanol–water partition coefficient (Wildman–Crippen LogP) is 4.72. The van der Waals surface area contributed by atoms with Crippen LogP contribution in [0.25, 0.3) is 10.9 Å². The zero-order chi connectivity index (χ0) is 18.5. The van der Waals surface area contributed by atoms with Crippen LogP contribution in [0.3, 0.4) is 0 Å². The van der Waals surface area contributed by atoms with E-state index in [1.807, 2.05) is 54.6 Å². The summed E-state index contributed by atoms with van der Waals surface area (Å²) in [6, 6.07) is 18.0. The molecule has 0 radical (unpaired) electrons. The van der Waals surface area contributed by atoms with Crippen LogP contribution in [0.1, 0.15) is 36.7 Å². The second-order valence-electron chi connectivity index (χ2n) is 6.72. The number of nitrogens with one attached hydrogen (secondary N) is 1. The molecule has 3 rings (SSSR count). The first-order chi connectivity index (χ1) is 12.6. The van der Waals surface area contributed by atoms with Gasteiger partial charge in [0.05, 0.1) is 5.52 Å². The fourth-order valence-corrected chi connectivity index (χ4v) is 3.01.